The third kappa shape index (κ3) is 12.4. The Morgan fingerprint density at radius 2 is 0.912 bits per heavy atom. The van der Waals surface area contributed by atoms with E-state index in [9.17, 15) is 28.8 Å². The van der Waals surface area contributed by atoms with E-state index < -0.39 is 68.1 Å². The predicted molar refractivity (Wildman–Crippen MR) is 252 cm³/mol. The minimum Gasteiger partial charge on any atom is -0.449 e. The van der Waals surface area contributed by atoms with Crippen molar-refractivity contribution in [1.29, 1.82) is 0 Å². The number of nitrogens with one attached hydrogen (secondary N) is 2. The van der Waals surface area contributed by atoms with E-state index in [1.54, 1.807) is 41.5 Å². The van der Waals surface area contributed by atoms with Crippen LogP contribution in [0, 0.1) is 0 Å². The second kappa shape index (κ2) is 20.7. The first-order valence-electron chi connectivity index (χ1n) is 22.7. The first kappa shape index (κ1) is 49.9. The SMILES string of the molecule is CC(C)(C)OC(=O)N1C[C@@H](NC(=O)OCC2c3ccccc3-c3ccccc32)C[C@H]1CO.CC(C)(C)OC(=O)N1C[C@@H](NC(=O)OCC2c3ccccc3-c3ccccc32)C[C@H]1COP(=O)(O)O. The van der Waals surface area contributed by atoms with Crippen molar-refractivity contribution in [3.63, 3.8) is 0 Å². The Bertz CT molecular complexity index is 2430. The first-order chi connectivity index (χ1) is 32.2. The van der Waals surface area contributed by atoms with Crippen molar-refractivity contribution in [2.24, 2.45) is 0 Å². The molecule has 0 spiro atoms. The van der Waals surface area contributed by atoms with Gasteiger partial charge in [0, 0.05) is 24.9 Å². The zero-order valence-corrected chi connectivity index (χ0v) is 40.0. The molecule has 2 heterocycles. The highest BCUT2D eigenvalue weighted by molar-refractivity contribution is 7.46. The molecular weight excluding hydrogens is 896 g/mol. The Morgan fingerprint density at radius 3 is 1.25 bits per heavy atom. The van der Waals surface area contributed by atoms with E-state index in [1.165, 1.54) is 20.9 Å². The molecule has 2 saturated heterocycles. The summed E-state index contributed by atoms with van der Waals surface area (Å²) in [5, 5.41) is 15.3. The molecule has 8 rings (SSSR count). The monoisotopic (exact) mass is 956 g/mol. The maximum absolute atomic E-state index is 12.7. The molecule has 0 unspecified atom stereocenters. The van der Waals surface area contributed by atoms with Crippen molar-refractivity contribution in [2.45, 2.75) is 102 Å². The van der Waals surface area contributed by atoms with Crippen LogP contribution in [0.15, 0.2) is 97.1 Å². The number of aliphatic hydroxyl groups excluding tert-OH is 1. The maximum atomic E-state index is 12.7. The number of ether oxygens (including phenoxy) is 4. The standard InChI is InChI=1S/C25H31N2O8P.C25H30N2O5/c1-25(2,3)35-24(29)27-13-16(12-17(27)14-34-36(30,31)32)26-23(28)33-15-22-20-10-6-4-8-18(20)19-9-5-7-11-21(19)22;1-25(2,3)32-24(30)27-13-16(12-17(27)14-28)26-23(29)31-15-22-20-10-6-4-8-18(20)19-9-5-7-11-21(19)22/h4-11,16-17,22H,12-15H2,1-3H3,(H,26,28)(H2,30,31,32);4-11,16-17,22,28H,12-15H2,1-3H3,(H,26,29)/t2*16-,17-/m00/s1. The number of benzene rings is 4. The summed E-state index contributed by atoms with van der Waals surface area (Å²) in [5.74, 6) is -0.102. The van der Waals surface area contributed by atoms with Crippen LogP contribution in [0.2, 0.25) is 0 Å². The molecule has 0 aromatic heterocycles. The van der Waals surface area contributed by atoms with Gasteiger partial charge in [-0.1, -0.05) is 97.1 Å². The van der Waals surface area contributed by atoms with Crippen LogP contribution in [0.1, 0.15) is 88.5 Å². The van der Waals surface area contributed by atoms with Crippen molar-refractivity contribution in [1.82, 2.24) is 20.4 Å². The molecule has 4 aliphatic rings. The molecule has 4 amide bonds. The number of nitrogens with zero attached hydrogens (tertiary/aromatic N) is 2. The number of fused-ring (bicyclic) bond motifs is 6. The summed E-state index contributed by atoms with van der Waals surface area (Å²) in [5.41, 5.74) is 7.70. The van der Waals surface area contributed by atoms with Crippen LogP contribution >= 0.6 is 7.82 Å². The Labute approximate surface area is 396 Å². The fourth-order valence-electron chi connectivity index (χ4n) is 9.26. The highest BCUT2D eigenvalue weighted by Crippen LogP contribution is 2.46. The van der Waals surface area contributed by atoms with Gasteiger partial charge in [0.15, 0.2) is 0 Å². The van der Waals surface area contributed by atoms with E-state index in [2.05, 4.69) is 51.6 Å². The van der Waals surface area contributed by atoms with Gasteiger partial charge in [0.1, 0.15) is 24.4 Å². The third-order valence-electron chi connectivity index (χ3n) is 12.1. The number of phosphoric ester groups is 1. The van der Waals surface area contributed by atoms with Gasteiger partial charge in [-0.3, -0.25) is 4.52 Å². The average Bonchev–Trinajstić information content (AvgIpc) is 4.04. The molecule has 364 valence electrons. The van der Waals surface area contributed by atoms with E-state index in [1.807, 2.05) is 60.7 Å². The van der Waals surface area contributed by atoms with E-state index in [0.29, 0.717) is 6.42 Å². The Balaban J connectivity index is 0.000000203. The van der Waals surface area contributed by atoms with Crippen molar-refractivity contribution < 1.29 is 62.1 Å². The van der Waals surface area contributed by atoms with Crippen LogP contribution in [0.5, 0.6) is 0 Å². The van der Waals surface area contributed by atoms with Crippen molar-refractivity contribution in [2.75, 3.05) is 39.5 Å². The number of likely N-dealkylation sites (tertiary alicyclic amines) is 2. The number of hydrogen-bond acceptors (Lipinski definition) is 11. The molecule has 5 N–H and O–H groups in total. The summed E-state index contributed by atoms with van der Waals surface area (Å²) < 4.78 is 37.8. The molecule has 18 heteroatoms. The van der Waals surface area contributed by atoms with E-state index in [4.69, 9.17) is 28.7 Å². The minimum atomic E-state index is -4.73. The molecule has 4 aromatic rings. The number of amides is 4. The smallest absolute Gasteiger partial charge is 0.449 e. The quantitative estimate of drug-likeness (QED) is 0.0754. The van der Waals surface area contributed by atoms with Crippen LogP contribution in [-0.2, 0) is 28.0 Å². The van der Waals surface area contributed by atoms with Gasteiger partial charge < -0.3 is 54.3 Å². The van der Waals surface area contributed by atoms with Gasteiger partial charge >= 0.3 is 32.2 Å². The van der Waals surface area contributed by atoms with Crippen LogP contribution in [-0.4, -0.2) is 124 Å². The van der Waals surface area contributed by atoms with Gasteiger partial charge in [-0.15, -0.1) is 0 Å². The zero-order valence-electron chi connectivity index (χ0n) is 39.1. The minimum absolute atomic E-state index is 0.0137. The molecule has 2 aliphatic carbocycles. The average molecular weight is 957 g/mol. The molecular formula is C50H61N4O13P. The topological polar surface area (TPSA) is 223 Å². The van der Waals surface area contributed by atoms with Gasteiger partial charge in [0.05, 0.1) is 37.4 Å². The van der Waals surface area contributed by atoms with Crippen LogP contribution in [0.25, 0.3) is 22.3 Å². The van der Waals surface area contributed by atoms with Gasteiger partial charge in [-0.2, -0.15) is 0 Å². The highest BCUT2D eigenvalue weighted by atomic mass is 31.2. The van der Waals surface area contributed by atoms with E-state index in [-0.39, 0.29) is 57.2 Å². The summed E-state index contributed by atoms with van der Waals surface area (Å²) in [7, 11) is -4.73. The van der Waals surface area contributed by atoms with Gasteiger partial charge in [-0.05, 0) is 98.9 Å². The number of carbonyl (C=O) groups is 4. The normalized spacial score (nSPS) is 19.7. The number of alkyl carbamates (subject to hydrolysis) is 2. The van der Waals surface area contributed by atoms with Gasteiger partial charge in [0.25, 0.3) is 0 Å². The number of phosphoric acid groups is 1. The summed E-state index contributed by atoms with van der Waals surface area (Å²) in [6.07, 6.45) is -1.64. The molecule has 4 aromatic carbocycles. The summed E-state index contributed by atoms with van der Waals surface area (Å²) in [6, 6.07) is 30.5. The Hall–Kier alpha value is -5.97. The summed E-state index contributed by atoms with van der Waals surface area (Å²) in [6.45, 7) is 10.7. The Kier molecular flexibility index (Phi) is 15.2. The van der Waals surface area contributed by atoms with Crippen molar-refractivity contribution in [3.05, 3.63) is 119 Å². The molecule has 0 radical (unpaired) electrons. The molecule has 17 nitrogen and oxygen atoms in total. The van der Waals surface area contributed by atoms with Crippen LogP contribution < -0.4 is 10.6 Å². The fourth-order valence-corrected chi connectivity index (χ4v) is 9.62. The number of rotatable bonds is 10. The number of carbonyl (C=O) groups excluding carboxylic acids is 4. The predicted octanol–water partition coefficient (Wildman–Crippen LogP) is 7.91. The lowest BCUT2D eigenvalue weighted by molar-refractivity contribution is 0.0164. The first-order valence-corrected chi connectivity index (χ1v) is 24.2. The van der Waals surface area contributed by atoms with Gasteiger partial charge in [0.2, 0.25) is 0 Å². The highest BCUT2D eigenvalue weighted by Gasteiger charge is 2.41. The second-order valence-electron chi connectivity index (χ2n) is 19.3. The number of hydrogen-bond donors (Lipinski definition) is 5. The molecule has 0 saturated carbocycles. The number of aliphatic hydroxyl groups is 1. The Morgan fingerprint density at radius 1 is 0.574 bits per heavy atom. The van der Waals surface area contributed by atoms with Crippen molar-refractivity contribution >= 4 is 32.2 Å². The van der Waals surface area contributed by atoms with Gasteiger partial charge in [-0.25, -0.2) is 23.7 Å². The molecule has 4 atom stereocenters. The fraction of sp³-hybridized carbons (Fsp3) is 0.440. The summed E-state index contributed by atoms with van der Waals surface area (Å²) in [4.78, 5) is 71.3. The molecule has 0 bridgehead atoms. The lowest BCUT2D eigenvalue weighted by Gasteiger charge is -2.28. The second-order valence-corrected chi connectivity index (χ2v) is 20.6. The molecule has 2 aliphatic heterocycles. The van der Waals surface area contributed by atoms with Crippen LogP contribution in [0.4, 0.5) is 19.2 Å². The zero-order chi connectivity index (χ0) is 49.0. The largest absolute Gasteiger partial charge is 0.469 e. The molecule has 2 fully saturated rings. The maximum Gasteiger partial charge on any atom is 0.469 e. The third-order valence-corrected chi connectivity index (χ3v) is 12.5. The lowest BCUT2D eigenvalue weighted by Crippen LogP contribution is -2.43. The molecule has 68 heavy (non-hydrogen) atoms. The van der Waals surface area contributed by atoms with E-state index in [0.717, 1.165) is 33.4 Å². The van der Waals surface area contributed by atoms with E-state index >= 15 is 0 Å². The van der Waals surface area contributed by atoms with Crippen molar-refractivity contribution in [3.8, 4) is 22.3 Å². The lowest BCUT2D eigenvalue weighted by atomic mass is 9.98. The van der Waals surface area contributed by atoms with Crippen LogP contribution in [0.3, 0.4) is 0 Å². The summed E-state index contributed by atoms with van der Waals surface area (Å²) >= 11 is 0.